The number of aryl methyl sites for hydroxylation is 2. The summed E-state index contributed by atoms with van der Waals surface area (Å²) in [7, 11) is -1.00. The van der Waals surface area contributed by atoms with Crippen molar-refractivity contribution in [1.29, 1.82) is 0 Å². The average molecular weight is 1370 g/mol. The Morgan fingerprint density at radius 1 is 0.747 bits per heavy atom. The summed E-state index contributed by atoms with van der Waals surface area (Å²) in [6.07, 6.45) is -9.23. The van der Waals surface area contributed by atoms with E-state index in [1.165, 1.54) is 36.4 Å². The fraction of sp³-hybridized carbons (Fsp3) is 0.380. The van der Waals surface area contributed by atoms with E-state index in [0.29, 0.717) is 39.3 Å². The number of nitrogens with one attached hydrogen (secondary N) is 1. The molecule has 0 saturated carbocycles. The molecule has 79 heavy (non-hydrogen) atoms. The molecule has 4 aliphatic heterocycles. The molecule has 4 saturated heterocycles. The maximum absolute atomic E-state index is 13.8. The number of alkyl halides is 8. The average Bonchev–Trinajstić information content (AvgIpc) is 4.26. The first-order valence-electron chi connectivity index (χ1n) is 23.6. The topological polar surface area (TPSA) is 192 Å². The van der Waals surface area contributed by atoms with Crippen LogP contribution in [0.4, 0.5) is 49.1 Å². The van der Waals surface area contributed by atoms with Crippen LogP contribution in [-0.4, -0.2) is 100 Å². The van der Waals surface area contributed by atoms with Gasteiger partial charge >= 0.3 is 127 Å². The van der Waals surface area contributed by atoms with E-state index in [1.807, 2.05) is 24.3 Å². The second-order valence-corrected chi connectivity index (χ2v) is 20.1. The summed E-state index contributed by atoms with van der Waals surface area (Å²) in [5.74, 6) is -3.78. The molecule has 416 valence electrons. The van der Waals surface area contributed by atoms with Crippen molar-refractivity contribution in [3.8, 4) is 0 Å². The molecule has 10 rings (SSSR count). The number of hydrogen-bond donors (Lipinski definition) is 1. The summed E-state index contributed by atoms with van der Waals surface area (Å²) in [5, 5.41) is 10.5. The van der Waals surface area contributed by atoms with Crippen molar-refractivity contribution in [2.75, 3.05) is 19.0 Å². The maximum Gasteiger partial charge on any atom is 1.00 e. The summed E-state index contributed by atoms with van der Waals surface area (Å²) >= 11 is 9.65. The molecule has 1 N–H and O–H groups in total. The smallest absolute Gasteiger partial charge is 1.00 e. The quantitative estimate of drug-likeness (QED) is 0.0738. The van der Waals surface area contributed by atoms with Crippen molar-refractivity contribution in [3.05, 3.63) is 139 Å². The van der Waals surface area contributed by atoms with Gasteiger partial charge in [-0.05, 0) is 109 Å². The SMILES string of the molecule is O=C(CBr)N1C(c2ccc(F)cc2)CC[C@@H]1C(F)(F)F.O=C1NC(=O)[C@]2(CCc3cc(Br)ccc32)O1.O=C1O[C@@]2(CCc3cc(Br)ccc32)C(=O)N1CC(=O)N1[C@H](c2ccc(F)cc2)CC[C@@H]1C(F)(F)F.O=CO[O-].[2H]CF.[H-].[K+].[K+]. The third-order valence-corrected chi connectivity index (χ3v) is 14.9. The van der Waals surface area contributed by atoms with Crippen LogP contribution in [0, 0.1) is 11.6 Å². The molecule has 4 aromatic carbocycles. The molecule has 4 heterocycles. The number of ether oxygens (including phenoxy) is 2. The summed E-state index contributed by atoms with van der Waals surface area (Å²) in [5.41, 5.74) is 1.37. The number of carbonyl (C=O) groups is 7. The van der Waals surface area contributed by atoms with E-state index in [4.69, 9.17) is 20.9 Å². The molecule has 29 heteroatoms. The van der Waals surface area contributed by atoms with Gasteiger partial charge in [-0.3, -0.25) is 33.7 Å². The van der Waals surface area contributed by atoms with E-state index in [-0.39, 0.29) is 154 Å². The maximum atomic E-state index is 13.8. The zero-order valence-electron chi connectivity index (χ0n) is 43.6. The van der Waals surface area contributed by atoms with E-state index in [1.54, 1.807) is 12.1 Å². The van der Waals surface area contributed by atoms with Crippen LogP contribution >= 0.6 is 47.8 Å². The second-order valence-electron chi connectivity index (χ2n) is 17.7. The number of imide groups is 2. The first-order valence-corrected chi connectivity index (χ1v) is 25.6. The van der Waals surface area contributed by atoms with Crippen LogP contribution in [0.3, 0.4) is 0 Å². The number of hydrogen-bond acceptors (Lipinski definition) is 11. The van der Waals surface area contributed by atoms with Crippen LogP contribution in [0.1, 0.15) is 86.8 Å². The number of rotatable bonds is 6. The van der Waals surface area contributed by atoms with Crippen molar-refractivity contribution in [1.82, 2.24) is 20.0 Å². The molecule has 15 nitrogen and oxygen atoms in total. The minimum absolute atomic E-state index is 0. The van der Waals surface area contributed by atoms with Crippen LogP contribution in [0.15, 0.2) is 93.9 Å². The molecular formula is C50H44Br3F9K2N4O11. The normalized spacial score (nSPS) is 23.3. The van der Waals surface area contributed by atoms with Gasteiger partial charge in [0.1, 0.15) is 30.3 Å². The number of amides is 6. The minimum atomic E-state index is -4.71. The summed E-state index contributed by atoms with van der Waals surface area (Å²) in [6.45, 7) is -1.06. The Morgan fingerprint density at radius 2 is 1.16 bits per heavy atom. The van der Waals surface area contributed by atoms with Crippen LogP contribution in [-0.2, 0) is 62.4 Å². The number of likely N-dealkylation sites (tertiary alicyclic amines) is 2. The third kappa shape index (κ3) is 15.3. The zero-order valence-corrected chi connectivity index (χ0v) is 52.6. The molecule has 6 aliphatic rings. The van der Waals surface area contributed by atoms with Gasteiger partial charge in [-0.15, -0.1) is 0 Å². The van der Waals surface area contributed by atoms with Gasteiger partial charge in [0.25, 0.3) is 18.3 Å². The Balaban J connectivity index is 0.000000318. The van der Waals surface area contributed by atoms with Gasteiger partial charge in [-0.1, -0.05) is 84.2 Å². The van der Waals surface area contributed by atoms with Gasteiger partial charge in [0, 0.05) is 32.9 Å². The Morgan fingerprint density at radius 3 is 1.56 bits per heavy atom. The summed E-state index contributed by atoms with van der Waals surface area (Å²) in [6, 6.07) is 15.4. The second kappa shape index (κ2) is 29.1. The van der Waals surface area contributed by atoms with Crippen LogP contribution < -0.4 is 113 Å². The predicted molar refractivity (Wildman–Crippen MR) is 260 cm³/mol. The molecule has 1 unspecified atom stereocenters. The van der Waals surface area contributed by atoms with Crippen LogP contribution in [0.5, 0.6) is 0 Å². The zero-order chi connectivity index (χ0) is 57.5. The van der Waals surface area contributed by atoms with E-state index in [9.17, 15) is 68.3 Å². The monoisotopic (exact) mass is 1360 g/mol. The Bertz CT molecular complexity index is 2910. The largest absolute Gasteiger partial charge is 1.00 e. The van der Waals surface area contributed by atoms with Crippen molar-refractivity contribution < 1.29 is 198 Å². The number of alkyl carbamates (subject to hydrolysis) is 1. The van der Waals surface area contributed by atoms with E-state index in [2.05, 4.69) is 58.0 Å². The molecule has 4 fully saturated rings. The number of carbonyl (C=O) groups excluding carboxylic acids is 7. The summed E-state index contributed by atoms with van der Waals surface area (Å²) < 4.78 is 135. The van der Waals surface area contributed by atoms with E-state index >= 15 is 0 Å². The van der Waals surface area contributed by atoms with Gasteiger partial charge in [0.2, 0.25) is 23.0 Å². The molecule has 4 aromatic rings. The first-order chi connectivity index (χ1) is 36.8. The van der Waals surface area contributed by atoms with Gasteiger partial charge in [0.15, 0.2) is 0 Å². The minimum Gasteiger partial charge on any atom is -1.00 e. The molecule has 6 amide bonds. The molecular weight excluding hydrogens is 1320 g/mol. The molecule has 0 radical (unpaired) electrons. The van der Waals surface area contributed by atoms with Crippen LogP contribution in [0.25, 0.3) is 0 Å². The Kier molecular flexibility index (Phi) is 24.7. The van der Waals surface area contributed by atoms with Crippen molar-refractivity contribution in [2.24, 2.45) is 0 Å². The van der Waals surface area contributed by atoms with E-state index < -0.39 is 103 Å². The molecule has 0 bridgehead atoms. The third-order valence-electron chi connectivity index (χ3n) is 13.5. The summed E-state index contributed by atoms with van der Waals surface area (Å²) in [4.78, 5) is 87.4. The van der Waals surface area contributed by atoms with Gasteiger partial charge in [0.05, 0.1) is 25.9 Å². The molecule has 2 aliphatic carbocycles. The molecule has 2 spiro atoms. The van der Waals surface area contributed by atoms with Crippen molar-refractivity contribution >= 4 is 90.1 Å². The number of nitrogens with zero attached hydrogens (tertiary/aromatic N) is 3. The Labute approximate surface area is 558 Å². The fourth-order valence-electron chi connectivity index (χ4n) is 10.3. The standard InChI is InChI=1S/C24H19BrF4N2O4.C13H12BrF4NO.C11H8BrNO3.CH3F.CH2O3.2K.H/c25-15-3-6-17-14(11-15)9-10-23(17)21(33)30(22(34)35-23)12-20(32)31-18(7-8-19(31)24(27,28)29)13-1-4-16(26)5-2-13;14-7-12(20)19-10(5-6-11(19)13(16,17)18)8-1-3-9(15)4-2-8;12-7-1-2-8-6(5-7)3-4-11(8)9(14)13-10(15)16-11;1-2;2-1-4-3;;;/h1-6,11,18-19H,7-10,12H2;1-4,10-11H,5-7H2;1-2,5H,3-4H2,(H,13,14,15);1H3;1,3H;;;/q;;;;;2*+1;-1/p-1/t18-,19+,23+;10?,11-;11-;;;;;/m011...../s1/i;;;1D;;;;. The fourth-order valence-corrected chi connectivity index (χ4v) is 11.4. The first kappa shape index (κ1) is 67.0. The number of fused-ring (bicyclic) bond motifs is 4. The molecule has 0 aromatic heterocycles. The van der Waals surface area contributed by atoms with Gasteiger partial charge in [-0.25, -0.2) is 23.3 Å². The van der Waals surface area contributed by atoms with Crippen LogP contribution in [0.2, 0.25) is 0 Å². The number of benzene rings is 4. The van der Waals surface area contributed by atoms with Crippen molar-refractivity contribution in [3.63, 3.8) is 0 Å². The van der Waals surface area contributed by atoms with Crippen molar-refractivity contribution in [2.45, 2.75) is 99.1 Å². The predicted octanol–water partition coefficient (Wildman–Crippen LogP) is 3.82. The Hall–Kier alpha value is -2.79. The molecule has 6 atom stereocenters. The number of halogens is 12. The van der Waals surface area contributed by atoms with E-state index in [0.717, 1.165) is 49.1 Å². The van der Waals surface area contributed by atoms with Gasteiger partial charge in [-0.2, -0.15) is 26.3 Å². The van der Waals surface area contributed by atoms with Gasteiger partial charge < -0.3 is 30.8 Å².